The van der Waals surface area contributed by atoms with Crippen LogP contribution in [-0.4, -0.2) is 15.0 Å². The minimum absolute atomic E-state index is 0.682. The van der Waals surface area contributed by atoms with Gasteiger partial charge in [-0.3, -0.25) is 4.98 Å². The minimum Gasteiger partial charge on any atom is -0.397 e. The molecule has 14 heavy (non-hydrogen) atoms. The molecule has 4 nitrogen and oxygen atoms in total. The van der Waals surface area contributed by atoms with Gasteiger partial charge < -0.3 is 10.7 Å². The summed E-state index contributed by atoms with van der Waals surface area (Å²) in [6.07, 6.45) is 3.40. The predicted molar refractivity (Wildman–Crippen MR) is 55.8 cm³/mol. The average molecular weight is 184 g/mol. The number of nitrogen functional groups attached to an aromatic ring is 1. The number of nitrogens with zero attached hydrogens (tertiary/aromatic N) is 2. The Hall–Kier alpha value is -2.10. The molecule has 0 amide bonds. The van der Waals surface area contributed by atoms with Gasteiger partial charge in [0.2, 0.25) is 0 Å². The molecule has 0 aliphatic heterocycles. The standard InChI is InChI=1S/C10H8N4/c11-7-4-6-2-1-3-12-8(6)10-9(7)13-5-14-10/h1-5H,11H2,(H,13,14). The van der Waals surface area contributed by atoms with Crippen molar-refractivity contribution in [3.8, 4) is 0 Å². The van der Waals surface area contributed by atoms with Crippen LogP contribution in [0.25, 0.3) is 21.9 Å². The molecule has 0 atom stereocenters. The van der Waals surface area contributed by atoms with E-state index in [4.69, 9.17) is 5.73 Å². The Bertz CT molecular complexity index is 612. The maximum atomic E-state index is 5.86. The summed E-state index contributed by atoms with van der Waals surface area (Å²) in [5.41, 5.74) is 9.14. The van der Waals surface area contributed by atoms with Gasteiger partial charge in [0.05, 0.1) is 23.0 Å². The van der Waals surface area contributed by atoms with Crippen LogP contribution in [0.15, 0.2) is 30.7 Å². The van der Waals surface area contributed by atoms with E-state index in [0.717, 1.165) is 21.9 Å². The molecule has 0 radical (unpaired) electrons. The van der Waals surface area contributed by atoms with Gasteiger partial charge in [-0.15, -0.1) is 0 Å². The maximum absolute atomic E-state index is 5.86. The molecule has 0 aliphatic rings. The molecule has 68 valence electrons. The van der Waals surface area contributed by atoms with Crippen LogP contribution in [-0.2, 0) is 0 Å². The third-order valence-corrected chi connectivity index (χ3v) is 2.30. The summed E-state index contributed by atoms with van der Waals surface area (Å²) in [4.78, 5) is 11.5. The molecule has 3 N–H and O–H groups in total. The van der Waals surface area contributed by atoms with Crippen molar-refractivity contribution in [3.05, 3.63) is 30.7 Å². The molecule has 0 aliphatic carbocycles. The lowest BCUT2D eigenvalue weighted by Crippen LogP contribution is -1.88. The first-order valence-corrected chi connectivity index (χ1v) is 4.32. The van der Waals surface area contributed by atoms with E-state index in [9.17, 15) is 0 Å². The van der Waals surface area contributed by atoms with Crippen LogP contribution in [0.1, 0.15) is 0 Å². The van der Waals surface area contributed by atoms with E-state index < -0.39 is 0 Å². The van der Waals surface area contributed by atoms with Crippen LogP contribution in [0.5, 0.6) is 0 Å². The average Bonchev–Trinajstić information content (AvgIpc) is 2.67. The van der Waals surface area contributed by atoms with Crippen molar-refractivity contribution in [1.82, 2.24) is 15.0 Å². The Labute approximate surface area is 79.8 Å². The highest BCUT2D eigenvalue weighted by Gasteiger charge is 2.06. The van der Waals surface area contributed by atoms with Gasteiger partial charge in [-0.1, -0.05) is 6.07 Å². The number of H-pyrrole nitrogens is 1. The van der Waals surface area contributed by atoms with Crippen LogP contribution in [0.4, 0.5) is 5.69 Å². The van der Waals surface area contributed by atoms with Gasteiger partial charge >= 0.3 is 0 Å². The Morgan fingerprint density at radius 1 is 1.21 bits per heavy atom. The summed E-state index contributed by atoms with van der Waals surface area (Å²) in [7, 11) is 0. The fourth-order valence-corrected chi connectivity index (χ4v) is 1.67. The number of imidazole rings is 1. The number of benzene rings is 1. The Kier molecular flexibility index (Phi) is 1.28. The van der Waals surface area contributed by atoms with Crippen molar-refractivity contribution in [1.29, 1.82) is 0 Å². The second-order valence-electron chi connectivity index (χ2n) is 3.17. The quantitative estimate of drug-likeness (QED) is 0.522. The van der Waals surface area contributed by atoms with Crippen molar-refractivity contribution < 1.29 is 0 Å². The number of hydrogen-bond acceptors (Lipinski definition) is 3. The van der Waals surface area contributed by atoms with Gasteiger partial charge in [0.25, 0.3) is 0 Å². The van der Waals surface area contributed by atoms with Crippen LogP contribution >= 0.6 is 0 Å². The zero-order valence-electron chi connectivity index (χ0n) is 7.36. The molecule has 0 saturated carbocycles. The van der Waals surface area contributed by atoms with Gasteiger partial charge in [-0.25, -0.2) is 4.98 Å². The maximum Gasteiger partial charge on any atom is 0.113 e. The summed E-state index contributed by atoms with van der Waals surface area (Å²) in [5.74, 6) is 0. The monoisotopic (exact) mass is 184 g/mol. The smallest absolute Gasteiger partial charge is 0.113 e. The molecule has 0 spiro atoms. The molecule has 0 saturated heterocycles. The van der Waals surface area contributed by atoms with E-state index in [1.807, 2.05) is 18.2 Å². The van der Waals surface area contributed by atoms with Crippen molar-refractivity contribution in [2.24, 2.45) is 0 Å². The molecule has 1 aromatic carbocycles. The third-order valence-electron chi connectivity index (χ3n) is 2.30. The number of hydrogen-bond donors (Lipinski definition) is 2. The second-order valence-corrected chi connectivity index (χ2v) is 3.17. The van der Waals surface area contributed by atoms with Crippen LogP contribution in [0.3, 0.4) is 0 Å². The zero-order valence-corrected chi connectivity index (χ0v) is 7.36. The molecule has 2 heterocycles. The fraction of sp³-hybridized carbons (Fsp3) is 0. The highest BCUT2D eigenvalue weighted by atomic mass is 14.9. The lowest BCUT2D eigenvalue weighted by Gasteiger charge is -2.00. The van der Waals surface area contributed by atoms with E-state index in [0.29, 0.717) is 5.69 Å². The first-order valence-electron chi connectivity index (χ1n) is 4.32. The Morgan fingerprint density at radius 3 is 3.07 bits per heavy atom. The molecular weight excluding hydrogens is 176 g/mol. The molecular formula is C10H8N4. The fourth-order valence-electron chi connectivity index (χ4n) is 1.67. The SMILES string of the molecule is Nc1cc2cccnc2c2[nH]cnc12. The summed E-state index contributed by atoms with van der Waals surface area (Å²) in [5, 5.41) is 1.03. The highest BCUT2D eigenvalue weighted by Crippen LogP contribution is 2.25. The van der Waals surface area contributed by atoms with E-state index in [2.05, 4.69) is 15.0 Å². The minimum atomic E-state index is 0.682. The molecule has 2 aromatic heterocycles. The van der Waals surface area contributed by atoms with E-state index in [1.54, 1.807) is 12.5 Å². The van der Waals surface area contributed by atoms with Crippen molar-refractivity contribution in [2.75, 3.05) is 5.73 Å². The number of nitrogens with one attached hydrogen (secondary N) is 1. The Balaban J connectivity index is 2.66. The summed E-state index contributed by atoms with van der Waals surface area (Å²) in [6.45, 7) is 0. The lowest BCUT2D eigenvalue weighted by molar-refractivity contribution is 1.34. The molecule has 3 aromatic rings. The number of nitrogens with two attached hydrogens (primary N) is 1. The van der Waals surface area contributed by atoms with Crippen LogP contribution < -0.4 is 5.73 Å². The van der Waals surface area contributed by atoms with Crippen molar-refractivity contribution in [3.63, 3.8) is 0 Å². The number of rotatable bonds is 0. The zero-order chi connectivity index (χ0) is 9.54. The second kappa shape index (κ2) is 2.45. The number of pyridine rings is 1. The summed E-state index contributed by atoms with van der Waals surface area (Å²) < 4.78 is 0. The van der Waals surface area contributed by atoms with E-state index in [1.165, 1.54) is 0 Å². The van der Waals surface area contributed by atoms with Gasteiger partial charge in [0, 0.05) is 11.6 Å². The summed E-state index contributed by atoms with van der Waals surface area (Å²) >= 11 is 0. The van der Waals surface area contributed by atoms with Crippen LogP contribution in [0, 0.1) is 0 Å². The molecule has 0 unspecified atom stereocenters. The van der Waals surface area contributed by atoms with Gasteiger partial charge in [-0.2, -0.15) is 0 Å². The summed E-state index contributed by atoms with van der Waals surface area (Å²) in [6, 6.07) is 5.77. The van der Waals surface area contributed by atoms with Crippen LogP contribution in [0.2, 0.25) is 0 Å². The molecule has 4 heteroatoms. The highest BCUT2D eigenvalue weighted by molar-refractivity contribution is 6.06. The topological polar surface area (TPSA) is 67.6 Å². The van der Waals surface area contributed by atoms with Gasteiger partial charge in [-0.05, 0) is 12.1 Å². The van der Waals surface area contributed by atoms with Crippen molar-refractivity contribution >= 4 is 27.6 Å². The number of anilines is 1. The lowest BCUT2D eigenvalue weighted by atomic mass is 10.1. The van der Waals surface area contributed by atoms with Gasteiger partial charge in [0.15, 0.2) is 0 Å². The van der Waals surface area contributed by atoms with Gasteiger partial charge in [0.1, 0.15) is 5.52 Å². The number of aromatic amines is 1. The molecule has 0 bridgehead atoms. The largest absolute Gasteiger partial charge is 0.397 e. The first-order chi connectivity index (χ1) is 6.86. The van der Waals surface area contributed by atoms with E-state index >= 15 is 0 Å². The predicted octanol–water partition coefficient (Wildman–Crippen LogP) is 1.69. The number of aromatic nitrogens is 3. The number of fused-ring (bicyclic) bond motifs is 3. The first kappa shape index (κ1) is 7.32. The Morgan fingerprint density at radius 2 is 2.14 bits per heavy atom. The molecule has 0 fully saturated rings. The normalized spacial score (nSPS) is 11.1. The third kappa shape index (κ3) is 0.821. The molecule has 3 rings (SSSR count). The van der Waals surface area contributed by atoms with Crippen molar-refractivity contribution in [2.45, 2.75) is 0 Å². The van der Waals surface area contributed by atoms with E-state index in [-0.39, 0.29) is 0 Å².